The zero-order chi connectivity index (χ0) is 9.84. The van der Waals surface area contributed by atoms with Crippen LogP contribution in [0.25, 0.3) is 0 Å². The van der Waals surface area contributed by atoms with Gasteiger partial charge in [0.15, 0.2) is 0 Å². The first-order valence-electron chi connectivity index (χ1n) is 3.54. The van der Waals surface area contributed by atoms with Crippen molar-refractivity contribution < 1.29 is 19.4 Å². The number of carbonyl (C=O) groups is 1. The van der Waals surface area contributed by atoms with E-state index in [0.717, 1.165) is 12.1 Å². The number of benzene rings is 1. The quantitative estimate of drug-likeness (QED) is 0.650. The zero-order valence-electron chi connectivity index (χ0n) is 6.62. The SMILES string of the molecule is O=C(O)NCc1ccc(F)cc1O. The summed E-state index contributed by atoms with van der Waals surface area (Å²) in [5.74, 6) is -0.815. The van der Waals surface area contributed by atoms with E-state index in [2.05, 4.69) is 5.32 Å². The summed E-state index contributed by atoms with van der Waals surface area (Å²) in [6.07, 6.45) is -1.19. The van der Waals surface area contributed by atoms with Crippen molar-refractivity contribution in [1.29, 1.82) is 0 Å². The number of phenolic OH excluding ortho intramolecular Hbond substituents is 1. The van der Waals surface area contributed by atoms with Crippen LogP contribution in [0, 0.1) is 5.82 Å². The first-order valence-corrected chi connectivity index (χ1v) is 3.54. The van der Waals surface area contributed by atoms with Gasteiger partial charge in [-0.1, -0.05) is 6.07 Å². The smallest absolute Gasteiger partial charge is 0.404 e. The molecule has 0 aliphatic carbocycles. The molecule has 1 amide bonds. The second-order valence-corrected chi connectivity index (χ2v) is 2.43. The molecule has 0 bridgehead atoms. The number of nitrogens with one attached hydrogen (secondary N) is 1. The van der Waals surface area contributed by atoms with Crippen LogP contribution in [0.15, 0.2) is 18.2 Å². The molecular weight excluding hydrogens is 177 g/mol. The van der Waals surface area contributed by atoms with E-state index in [1.165, 1.54) is 6.07 Å². The van der Waals surface area contributed by atoms with Gasteiger partial charge in [-0.2, -0.15) is 0 Å². The minimum atomic E-state index is -1.19. The number of phenols is 1. The molecule has 0 aliphatic heterocycles. The minimum absolute atomic E-state index is 0.0402. The standard InChI is InChI=1S/C8H8FNO3/c9-6-2-1-5(7(11)3-6)4-10-8(12)13/h1-3,10-11H,4H2,(H,12,13). The van der Waals surface area contributed by atoms with E-state index in [9.17, 15) is 9.18 Å². The van der Waals surface area contributed by atoms with Crippen molar-refractivity contribution in [3.8, 4) is 5.75 Å². The fraction of sp³-hybridized carbons (Fsp3) is 0.125. The lowest BCUT2D eigenvalue weighted by Gasteiger charge is -2.03. The van der Waals surface area contributed by atoms with Crippen molar-refractivity contribution in [3.05, 3.63) is 29.6 Å². The highest BCUT2D eigenvalue weighted by atomic mass is 19.1. The Morgan fingerprint density at radius 3 is 2.77 bits per heavy atom. The third-order valence-electron chi connectivity index (χ3n) is 1.48. The molecular formula is C8H8FNO3. The Bertz CT molecular complexity index is 327. The van der Waals surface area contributed by atoms with Crippen LogP contribution in [0.5, 0.6) is 5.75 Å². The third-order valence-corrected chi connectivity index (χ3v) is 1.48. The Labute approximate surface area is 73.6 Å². The fourth-order valence-electron chi connectivity index (χ4n) is 0.857. The first kappa shape index (κ1) is 9.31. The second kappa shape index (κ2) is 3.75. The molecule has 0 saturated carbocycles. The van der Waals surface area contributed by atoms with Crippen LogP contribution in [0.2, 0.25) is 0 Å². The molecule has 1 aromatic rings. The predicted molar refractivity (Wildman–Crippen MR) is 42.9 cm³/mol. The van der Waals surface area contributed by atoms with E-state index in [1.807, 2.05) is 0 Å². The van der Waals surface area contributed by atoms with E-state index < -0.39 is 11.9 Å². The van der Waals surface area contributed by atoms with Crippen LogP contribution < -0.4 is 5.32 Å². The molecule has 1 rings (SSSR count). The number of halogens is 1. The topological polar surface area (TPSA) is 69.6 Å². The van der Waals surface area contributed by atoms with Gasteiger partial charge in [-0.25, -0.2) is 9.18 Å². The largest absolute Gasteiger partial charge is 0.507 e. The molecule has 0 aromatic heterocycles. The maximum atomic E-state index is 12.4. The average Bonchev–Trinajstić information content (AvgIpc) is 2.02. The summed E-state index contributed by atoms with van der Waals surface area (Å²) in [4.78, 5) is 10.1. The summed E-state index contributed by atoms with van der Waals surface area (Å²) in [5, 5.41) is 19.4. The fourth-order valence-corrected chi connectivity index (χ4v) is 0.857. The summed E-state index contributed by atoms with van der Waals surface area (Å²) in [5.41, 5.74) is 0.337. The van der Waals surface area contributed by atoms with Gasteiger partial charge < -0.3 is 15.5 Å². The van der Waals surface area contributed by atoms with Gasteiger partial charge in [0.05, 0.1) is 0 Å². The van der Waals surface area contributed by atoms with Crippen LogP contribution in [-0.4, -0.2) is 16.3 Å². The highest BCUT2D eigenvalue weighted by Crippen LogP contribution is 2.17. The lowest BCUT2D eigenvalue weighted by molar-refractivity contribution is 0.194. The minimum Gasteiger partial charge on any atom is -0.507 e. The van der Waals surface area contributed by atoms with Crippen LogP contribution in [0.3, 0.4) is 0 Å². The summed E-state index contributed by atoms with van der Waals surface area (Å²) in [6, 6.07) is 3.40. The Morgan fingerprint density at radius 2 is 2.23 bits per heavy atom. The van der Waals surface area contributed by atoms with Crippen molar-refractivity contribution in [2.24, 2.45) is 0 Å². The second-order valence-electron chi connectivity index (χ2n) is 2.43. The lowest BCUT2D eigenvalue weighted by atomic mass is 10.2. The lowest BCUT2D eigenvalue weighted by Crippen LogP contribution is -2.19. The Morgan fingerprint density at radius 1 is 1.54 bits per heavy atom. The average molecular weight is 185 g/mol. The molecule has 0 aliphatic rings. The molecule has 1 aromatic carbocycles. The van der Waals surface area contributed by atoms with E-state index in [4.69, 9.17) is 10.2 Å². The summed E-state index contributed by atoms with van der Waals surface area (Å²) >= 11 is 0. The van der Waals surface area contributed by atoms with E-state index in [1.54, 1.807) is 0 Å². The number of rotatable bonds is 2. The van der Waals surface area contributed by atoms with E-state index in [-0.39, 0.29) is 12.3 Å². The number of amides is 1. The predicted octanol–water partition coefficient (Wildman–Crippen LogP) is 1.30. The van der Waals surface area contributed by atoms with Gasteiger partial charge in [-0.05, 0) is 6.07 Å². The van der Waals surface area contributed by atoms with E-state index in [0.29, 0.717) is 5.56 Å². The van der Waals surface area contributed by atoms with Gasteiger partial charge in [0.2, 0.25) is 0 Å². The molecule has 0 spiro atoms. The van der Waals surface area contributed by atoms with Gasteiger partial charge in [-0.3, -0.25) is 0 Å². The molecule has 5 heteroatoms. The van der Waals surface area contributed by atoms with Gasteiger partial charge in [0.25, 0.3) is 0 Å². The molecule has 70 valence electrons. The Balaban J connectivity index is 2.72. The van der Waals surface area contributed by atoms with Crippen molar-refractivity contribution in [2.45, 2.75) is 6.54 Å². The molecule has 0 heterocycles. The monoisotopic (exact) mass is 185 g/mol. The maximum absolute atomic E-state index is 12.4. The van der Waals surface area contributed by atoms with Crippen LogP contribution in [0.1, 0.15) is 5.56 Å². The number of hydrogen-bond donors (Lipinski definition) is 3. The summed E-state index contributed by atoms with van der Waals surface area (Å²) < 4.78 is 12.4. The zero-order valence-corrected chi connectivity index (χ0v) is 6.62. The Kier molecular flexibility index (Phi) is 2.69. The van der Waals surface area contributed by atoms with Crippen molar-refractivity contribution in [3.63, 3.8) is 0 Å². The molecule has 0 saturated heterocycles. The van der Waals surface area contributed by atoms with Gasteiger partial charge >= 0.3 is 6.09 Å². The highest BCUT2D eigenvalue weighted by molar-refractivity contribution is 5.64. The van der Waals surface area contributed by atoms with Crippen LogP contribution in [0.4, 0.5) is 9.18 Å². The highest BCUT2D eigenvalue weighted by Gasteiger charge is 2.03. The van der Waals surface area contributed by atoms with Crippen LogP contribution in [-0.2, 0) is 6.54 Å². The molecule has 0 fully saturated rings. The molecule has 3 N–H and O–H groups in total. The molecule has 0 unspecified atom stereocenters. The molecule has 4 nitrogen and oxygen atoms in total. The Hall–Kier alpha value is -1.78. The molecule has 13 heavy (non-hydrogen) atoms. The molecule has 0 radical (unpaired) electrons. The first-order chi connectivity index (χ1) is 6.09. The number of carboxylic acid groups (broad SMARTS) is 1. The maximum Gasteiger partial charge on any atom is 0.404 e. The third kappa shape index (κ3) is 2.62. The summed E-state index contributed by atoms with van der Waals surface area (Å²) in [6.45, 7) is -0.0402. The van der Waals surface area contributed by atoms with E-state index >= 15 is 0 Å². The van der Waals surface area contributed by atoms with Gasteiger partial charge in [-0.15, -0.1) is 0 Å². The number of aromatic hydroxyl groups is 1. The molecule has 0 atom stereocenters. The normalized spacial score (nSPS) is 9.62. The number of hydrogen-bond acceptors (Lipinski definition) is 2. The van der Waals surface area contributed by atoms with Crippen molar-refractivity contribution >= 4 is 6.09 Å². The van der Waals surface area contributed by atoms with Crippen molar-refractivity contribution in [1.82, 2.24) is 5.32 Å². The van der Waals surface area contributed by atoms with Gasteiger partial charge in [0.1, 0.15) is 11.6 Å². The van der Waals surface area contributed by atoms with Crippen LogP contribution >= 0.6 is 0 Å². The van der Waals surface area contributed by atoms with Crippen molar-refractivity contribution in [2.75, 3.05) is 0 Å². The summed E-state index contributed by atoms with van der Waals surface area (Å²) in [7, 11) is 0. The van der Waals surface area contributed by atoms with Gasteiger partial charge in [0, 0.05) is 18.2 Å².